The van der Waals surface area contributed by atoms with Gasteiger partial charge in [-0.05, 0) is 0 Å². The molecule has 0 aromatic heterocycles. The summed E-state index contributed by atoms with van der Waals surface area (Å²) in [4.78, 5) is 0. The Hall–Kier alpha value is 0.239. The van der Waals surface area contributed by atoms with Gasteiger partial charge in [-0.1, -0.05) is 0 Å². The fourth-order valence-electron chi connectivity index (χ4n) is 2.83. The van der Waals surface area contributed by atoms with Gasteiger partial charge in [0.15, 0.2) is 0 Å². The summed E-state index contributed by atoms with van der Waals surface area (Å²) in [6, 6.07) is 0. The van der Waals surface area contributed by atoms with E-state index in [2.05, 4.69) is 37.5 Å². The Kier molecular flexibility index (Phi) is 12.9. The number of aliphatic hydroxyl groups excluding tert-OH is 1. The van der Waals surface area contributed by atoms with Crippen molar-refractivity contribution < 1.29 is 5.11 Å². The van der Waals surface area contributed by atoms with Crippen molar-refractivity contribution in [2.24, 2.45) is 5.92 Å². The van der Waals surface area contributed by atoms with E-state index in [0.29, 0.717) is 0 Å². The first kappa shape index (κ1) is 21.2. The van der Waals surface area contributed by atoms with E-state index in [9.17, 15) is 5.11 Å². The molecular weight excluding hydrogens is 363 g/mol. The summed E-state index contributed by atoms with van der Waals surface area (Å²) in [6.45, 7) is 12.7. The fourth-order valence-corrected chi connectivity index (χ4v) is 17.2. The molecule has 0 aliphatic rings. The molecule has 0 saturated carbocycles. The maximum absolute atomic E-state index is 10.2. The van der Waals surface area contributed by atoms with Gasteiger partial charge in [-0.2, -0.15) is 0 Å². The second-order valence-electron chi connectivity index (χ2n) is 6.62. The predicted molar refractivity (Wildman–Crippen MR) is 99.4 cm³/mol. The van der Waals surface area contributed by atoms with Gasteiger partial charge in [0.2, 0.25) is 0 Å². The van der Waals surface area contributed by atoms with E-state index >= 15 is 0 Å². The summed E-state index contributed by atoms with van der Waals surface area (Å²) >= 11 is -2.20. The molecule has 0 aromatic carbocycles. The molecular formula is C19H38OSn. The normalized spacial score (nSPS) is 15.3. The van der Waals surface area contributed by atoms with Crippen LogP contribution in [0.1, 0.15) is 66.2 Å². The summed E-state index contributed by atoms with van der Waals surface area (Å²) in [6.07, 6.45) is 11.7. The third-order valence-electron chi connectivity index (χ3n) is 4.64. The zero-order valence-corrected chi connectivity index (χ0v) is 17.8. The molecule has 21 heavy (non-hydrogen) atoms. The van der Waals surface area contributed by atoms with E-state index in [1.54, 1.807) is 0 Å². The molecule has 0 radical (unpaired) electrons. The summed E-state index contributed by atoms with van der Waals surface area (Å²) < 4.78 is 6.96. The van der Waals surface area contributed by atoms with E-state index in [0.717, 1.165) is 0 Å². The number of rotatable bonds is 13. The van der Waals surface area contributed by atoms with Crippen LogP contribution < -0.4 is 0 Å². The van der Waals surface area contributed by atoms with Crippen molar-refractivity contribution in [1.29, 1.82) is 0 Å². The average molecular weight is 401 g/mol. The number of aliphatic hydroxyl groups is 1. The van der Waals surface area contributed by atoms with Crippen LogP contribution in [0.5, 0.6) is 0 Å². The van der Waals surface area contributed by atoms with Crippen molar-refractivity contribution >= 4 is 18.4 Å². The first-order valence-electron chi connectivity index (χ1n) is 9.05. The Morgan fingerprint density at radius 1 is 0.952 bits per heavy atom. The third-order valence-corrected chi connectivity index (χ3v) is 18.8. The molecule has 0 unspecified atom stereocenters. The molecule has 1 nitrogen and oxygen atoms in total. The summed E-state index contributed by atoms with van der Waals surface area (Å²) in [7, 11) is 0. The minimum atomic E-state index is -2.20. The average Bonchev–Trinajstić information content (AvgIpc) is 2.52. The molecule has 2 heteroatoms. The topological polar surface area (TPSA) is 20.2 Å². The molecule has 0 saturated heterocycles. The van der Waals surface area contributed by atoms with Crippen LogP contribution in [0, 0.1) is 5.92 Å². The molecule has 0 rings (SSSR count). The molecule has 0 heterocycles. The van der Waals surface area contributed by atoms with Gasteiger partial charge in [0.1, 0.15) is 0 Å². The standard InChI is InChI=1S/C7H11O.3C4H9.Sn/c1-4-6(3)7(8)5-2;3*1-3-4-2;/h2,4-8H,1H2,3H3;3*1,3-4H2,2H3;/t6-,7+;;;;/m1..../s1. The second kappa shape index (κ2) is 12.8. The van der Waals surface area contributed by atoms with E-state index in [-0.39, 0.29) is 12.0 Å². The summed E-state index contributed by atoms with van der Waals surface area (Å²) in [5.41, 5.74) is 0. The Labute approximate surface area is 137 Å². The van der Waals surface area contributed by atoms with E-state index in [4.69, 9.17) is 0 Å². The Balaban J connectivity index is 5.00. The fraction of sp³-hybridized carbons (Fsp3) is 0.789. The van der Waals surface area contributed by atoms with Crippen molar-refractivity contribution in [1.82, 2.24) is 0 Å². The second-order valence-corrected chi connectivity index (χ2v) is 19.6. The van der Waals surface area contributed by atoms with Crippen molar-refractivity contribution in [3.63, 3.8) is 0 Å². The molecule has 0 aromatic rings. The first-order valence-corrected chi connectivity index (χ1v) is 16.8. The molecule has 0 spiro atoms. The van der Waals surface area contributed by atoms with Crippen LogP contribution in [-0.4, -0.2) is 29.6 Å². The quantitative estimate of drug-likeness (QED) is 0.292. The van der Waals surface area contributed by atoms with Gasteiger partial charge in [0.05, 0.1) is 0 Å². The van der Waals surface area contributed by atoms with Gasteiger partial charge in [0.25, 0.3) is 0 Å². The van der Waals surface area contributed by atoms with E-state index < -0.39 is 18.4 Å². The summed E-state index contributed by atoms with van der Waals surface area (Å²) in [5.74, 6) is 0.161. The van der Waals surface area contributed by atoms with Gasteiger partial charge >= 0.3 is 138 Å². The van der Waals surface area contributed by atoms with Crippen molar-refractivity contribution in [3.8, 4) is 0 Å². The van der Waals surface area contributed by atoms with Crippen LogP contribution >= 0.6 is 0 Å². The van der Waals surface area contributed by atoms with Crippen LogP contribution in [-0.2, 0) is 0 Å². The Bertz CT molecular complexity index is 264. The van der Waals surface area contributed by atoms with Gasteiger partial charge in [0, 0.05) is 0 Å². The van der Waals surface area contributed by atoms with Crippen molar-refractivity contribution in [3.05, 3.63) is 22.8 Å². The molecule has 0 aliphatic heterocycles. The van der Waals surface area contributed by atoms with Gasteiger partial charge in [-0.15, -0.1) is 0 Å². The molecule has 0 fully saturated rings. The third kappa shape index (κ3) is 9.07. The Morgan fingerprint density at radius 3 is 1.71 bits per heavy atom. The monoisotopic (exact) mass is 402 g/mol. The predicted octanol–water partition coefficient (Wildman–Crippen LogP) is 6.11. The van der Waals surface area contributed by atoms with Gasteiger partial charge in [-0.3, -0.25) is 0 Å². The van der Waals surface area contributed by atoms with Crippen LogP contribution in [0.15, 0.2) is 22.8 Å². The number of unbranched alkanes of at least 4 members (excludes halogenated alkanes) is 3. The SMILES string of the molecule is C=C[C@@H](C)[C@@H](O)/C=[CH]/[Sn]([CH2]CCC)([CH2]CCC)[CH2]CCC. The number of hydrogen-bond acceptors (Lipinski definition) is 1. The van der Waals surface area contributed by atoms with Gasteiger partial charge < -0.3 is 0 Å². The molecule has 1 N–H and O–H groups in total. The van der Waals surface area contributed by atoms with E-state index in [1.165, 1.54) is 51.8 Å². The Morgan fingerprint density at radius 2 is 1.38 bits per heavy atom. The van der Waals surface area contributed by atoms with Crippen LogP contribution in [0.2, 0.25) is 13.3 Å². The van der Waals surface area contributed by atoms with Crippen molar-refractivity contribution in [2.45, 2.75) is 85.6 Å². The van der Waals surface area contributed by atoms with E-state index in [1.807, 2.05) is 13.0 Å². The molecule has 124 valence electrons. The maximum atomic E-state index is 10.2. The molecule has 0 amide bonds. The molecule has 0 aliphatic carbocycles. The zero-order chi connectivity index (χ0) is 16.1. The van der Waals surface area contributed by atoms with Crippen LogP contribution in [0.4, 0.5) is 0 Å². The number of hydrogen-bond donors (Lipinski definition) is 1. The van der Waals surface area contributed by atoms with Crippen LogP contribution in [0.3, 0.4) is 0 Å². The first-order chi connectivity index (χ1) is 10.0. The zero-order valence-electron chi connectivity index (χ0n) is 14.9. The molecule has 0 bridgehead atoms. The van der Waals surface area contributed by atoms with Crippen molar-refractivity contribution in [2.75, 3.05) is 0 Å². The summed E-state index contributed by atoms with van der Waals surface area (Å²) in [5, 5.41) is 10.2. The minimum absolute atomic E-state index is 0.161. The van der Waals surface area contributed by atoms with Gasteiger partial charge in [-0.25, -0.2) is 0 Å². The molecule has 2 atom stereocenters. The van der Waals surface area contributed by atoms with Crippen LogP contribution in [0.25, 0.3) is 0 Å².